The molecule has 0 aliphatic carbocycles. The van der Waals surface area contributed by atoms with Crippen LogP contribution in [-0.4, -0.2) is 11.0 Å². The lowest BCUT2D eigenvalue weighted by Gasteiger charge is -2.16. The molecule has 0 heterocycles. The molecule has 0 radical (unpaired) electrons. The molecule has 0 amide bonds. The Morgan fingerprint density at radius 1 is 1.32 bits per heavy atom. The van der Waals surface area contributed by atoms with Crippen molar-refractivity contribution in [1.82, 2.24) is 0 Å². The Kier molecular flexibility index (Phi) is 5.77. The fourth-order valence-electron chi connectivity index (χ4n) is 1.53. The molecule has 2 N–H and O–H groups in total. The Bertz CT molecular complexity index is 433. The number of hydrogen-bond donors (Lipinski definition) is 2. The first-order valence-electron chi connectivity index (χ1n) is 6.68. The maximum Gasteiger partial charge on any atom is 0.155 e. The maximum absolute atomic E-state index is 11.8. The maximum atomic E-state index is 11.8. The number of benzene rings is 1. The summed E-state index contributed by atoms with van der Waals surface area (Å²) in [5, 5.41) is 8.70. The molecular weight excluding hydrogens is 238 g/mol. The van der Waals surface area contributed by atoms with Crippen LogP contribution in [0.4, 0.5) is 5.69 Å². The highest BCUT2D eigenvalue weighted by Crippen LogP contribution is 2.21. The predicted molar refractivity (Wildman–Crippen MR) is 78.4 cm³/mol. The lowest BCUT2D eigenvalue weighted by molar-refractivity contribution is -0.114. The molecule has 19 heavy (non-hydrogen) atoms. The van der Waals surface area contributed by atoms with Crippen LogP contribution >= 0.6 is 0 Å². The molecule has 1 aromatic rings. The second-order valence-electron chi connectivity index (χ2n) is 5.45. The van der Waals surface area contributed by atoms with Gasteiger partial charge in [-0.15, -0.1) is 0 Å². The van der Waals surface area contributed by atoms with Gasteiger partial charge >= 0.3 is 0 Å². The SMILES string of the molecule is CCC(C)(C)/C=C\C(=O)CCc1ccc(NO)cc1. The van der Waals surface area contributed by atoms with Crippen molar-refractivity contribution >= 4 is 11.5 Å². The molecule has 3 nitrogen and oxygen atoms in total. The molecule has 1 rings (SSSR count). The molecule has 0 aliphatic heterocycles. The number of carbonyl (C=O) groups is 1. The van der Waals surface area contributed by atoms with Crippen molar-refractivity contribution in [2.24, 2.45) is 5.41 Å². The Labute approximate surface area is 115 Å². The van der Waals surface area contributed by atoms with Gasteiger partial charge < -0.3 is 0 Å². The average Bonchev–Trinajstić information content (AvgIpc) is 2.43. The van der Waals surface area contributed by atoms with Crippen LogP contribution in [0.25, 0.3) is 0 Å². The Balaban J connectivity index is 2.45. The summed E-state index contributed by atoms with van der Waals surface area (Å²) in [6, 6.07) is 7.39. The first kappa shape index (κ1) is 15.4. The minimum Gasteiger partial charge on any atom is -0.295 e. The molecule has 0 atom stereocenters. The van der Waals surface area contributed by atoms with Crippen molar-refractivity contribution in [3.8, 4) is 0 Å². The third-order valence-corrected chi connectivity index (χ3v) is 3.37. The predicted octanol–water partition coefficient (Wildman–Crippen LogP) is 3.98. The van der Waals surface area contributed by atoms with E-state index < -0.39 is 0 Å². The molecule has 0 saturated carbocycles. The van der Waals surface area contributed by atoms with Gasteiger partial charge in [0.25, 0.3) is 0 Å². The van der Waals surface area contributed by atoms with Crippen LogP contribution in [0.15, 0.2) is 36.4 Å². The third kappa shape index (κ3) is 5.71. The Morgan fingerprint density at radius 3 is 2.47 bits per heavy atom. The molecule has 0 aromatic heterocycles. The smallest absolute Gasteiger partial charge is 0.155 e. The average molecular weight is 261 g/mol. The van der Waals surface area contributed by atoms with Gasteiger partial charge in [-0.05, 0) is 42.0 Å². The van der Waals surface area contributed by atoms with Crippen LogP contribution in [-0.2, 0) is 11.2 Å². The van der Waals surface area contributed by atoms with Gasteiger partial charge in [-0.1, -0.05) is 39.0 Å². The molecule has 0 fully saturated rings. The van der Waals surface area contributed by atoms with Crippen molar-refractivity contribution in [2.75, 3.05) is 5.48 Å². The Morgan fingerprint density at radius 2 is 1.95 bits per heavy atom. The highest BCUT2D eigenvalue weighted by atomic mass is 16.5. The van der Waals surface area contributed by atoms with E-state index in [4.69, 9.17) is 5.21 Å². The normalized spacial score (nSPS) is 11.8. The summed E-state index contributed by atoms with van der Waals surface area (Å²) < 4.78 is 0. The van der Waals surface area contributed by atoms with Crippen LogP contribution in [0.5, 0.6) is 0 Å². The monoisotopic (exact) mass is 261 g/mol. The fraction of sp³-hybridized carbons (Fsp3) is 0.438. The minimum absolute atomic E-state index is 0.0874. The van der Waals surface area contributed by atoms with E-state index in [9.17, 15) is 4.79 Å². The van der Waals surface area contributed by atoms with Crippen LogP contribution in [0.1, 0.15) is 39.2 Å². The van der Waals surface area contributed by atoms with E-state index in [0.29, 0.717) is 12.1 Å². The zero-order chi connectivity index (χ0) is 14.3. The Hall–Kier alpha value is -1.61. The molecule has 0 saturated heterocycles. The highest BCUT2D eigenvalue weighted by Gasteiger charge is 2.10. The first-order valence-corrected chi connectivity index (χ1v) is 6.68. The lowest BCUT2D eigenvalue weighted by Crippen LogP contribution is -2.06. The number of hydrogen-bond acceptors (Lipinski definition) is 3. The molecule has 1 aromatic carbocycles. The second kappa shape index (κ2) is 7.10. The van der Waals surface area contributed by atoms with Crippen LogP contribution in [0.2, 0.25) is 0 Å². The summed E-state index contributed by atoms with van der Waals surface area (Å²) in [4.78, 5) is 11.8. The van der Waals surface area contributed by atoms with Crippen molar-refractivity contribution in [3.05, 3.63) is 42.0 Å². The minimum atomic E-state index is 0.0874. The van der Waals surface area contributed by atoms with Gasteiger partial charge in [0.05, 0.1) is 5.69 Å². The van der Waals surface area contributed by atoms with Crippen molar-refractivity contribution in [3.63, 3.8) is 0 Å². The standard InChI is InChI=1S/C16H23NO2/c1-4-16(2,3)12-11-15(18)10-7-13-5-8-14(17-19)9-6-13/h5-6,8-9,11-12,17,19H,4,7,10H2,1-3H3/b12-11-. The zero-order valence-electron chi connectivity index (χ0n) is 11.9. The van der Waals surface area contributed by atoms with Gasteiger partial charge in [0, 0.05) is 6.42 Å². The highest BCUT2D eigenvalue weighted by molar-refractivity contribution is 5.89. The number of anilines is 1. The van der Waals surface area contributed by atoms with Gasteiger partial charge in [0.1, 0.15) is 0 Å². The van der Waals surface area contributed by atoms with Gasteiger partial charge in [-0.3, -0.25) is 15.5 Å². The van der Waals surface area contributed by atoms with Crippen LogP contribution < -0.4 is 5.48 Å². The number of nitrogens with one attached hydrogen (secondary N) is 1. The van der Waals surface area contributed by atoms with Crippen molar-refractivity contribution in [2.45, 2.75) is 40.0 Å². The topological polar surface area (TPSA) is 49.3 Å². The zero-order valence-corrected chi connectivity index (χ0v) is 11.9. The number of rotatable bonds is 7. The van der Waals surface area contributed by atoms with Gasteiger partial charge in [0.2, 0.25) is 0 Å². The summed E-state index contributed by atoms with van der Waals surface area (Å²) in [6.07, 6.45) is 5.96. The van der Waals surface area contributed by atoms with E-state index in [2.05, 4.69) is 26.3 Å². The molecule has 0 aliphatic rings. The van der Waals surface area contributed by atoms with Gasteiger partial charge in [-0.25, -0.2) is 0 Å². The number of aryl methyl sites for hydroxylation is 1. The molecule has 0 spiro atoms. The number of ketones is 1. The summed E-state index contributed by atoms with van der Waals surface area (Å²) in [7, 11) is 0. The molecular formula is C16H23NO2. The summed E-state index contributed by atoms with van der Waals surface area (Å²) in [5.41, 5.74) is 3.92. The van der Waals surface area contributed by atoms with E-state index in [0.717, 1.165) is 18.4 Å². The van der Waals surface area contributed by atoms with Crippen LogP contribution in [0.3, 0.4) is 0 Å². The van der Waals surface area contributed by atoms with E-state index >= 15 is 0 Å². The van der Waals surface area contributed by atoms with Crippen molar-refractivity contribution < 1.29 is 10.0 Å². The summed E-state index contributed by atoms with van der Waals surface area (Å²) in [5.74, 6) is 0.158. The van der Waals surface area contributed by atoms with Crippen LogP contribution in [0, 0.1) is 5.41 Å². The number of carbonyl (C=O) groups excluding carboxylic acids is 1. The molecule has 0 unspecified atom stereocenters. The molecule has 104 valence electrons. The van der Waals surface area contributed by atoms with E-state index in [1.165, 1.54) is 0 Å². The van der Waals surface area contributed by atoms with Gasteiger partial charge in [-0.2, -0.15) is 0 Å². The second-order valence-corrected chi connectivity index (χ2v) is 5.45. The molecule has 0 bridgehead atoms. The number of allylic oxidation sites excluding steroid dienone is 2. The van der Waals surface area contributed by atoms with E-state index in [1.807, 2.05) is 18.2 Å². The van der Waals surface area contributed by atoms with Gasteiger partial charge in [0.15, 0.2) is 5.78 Å². The summed E-state index contributed by atoms with van der Waals surface area (Å²) >= 11 is 0. The van der Waals surface area contributed by atoms with Crippen molar-refractivity contribution in [1.29, 1.82) is 0 Å². The first-order chi connectivity index (χ1) is 8.96. The quantitative estimate of drug-likeness (QED) is 0.576. The van der Waals surface area contributed by atoms with E-state index in [-0.39, 0.29) is 11.2 Å². The lowest BCUT2D eigenvalue weighted by atomic mass is 9.89. The largest absolute Gasteiger partial charge is 0.295 e. The van der Waals surface area contributed by atoms with E-state index in [1.54, 1.807) is 18.2 Å². The fourth-order valence-corrected chi connectivity index (χ4v) is 1.53. The summed E-state index contributed by atoms with van der Waals surface area (Å²) in [6.45, 7) is 6.36. The molecule has 3 heteroatoms. The third-order valence-electron chi connectivity index (χ3n) is 3.37.